The zero-order chi connectivity index (χ0) is 15.2. The van der Waals surface area contributed by atoms with Gasteiger partial charge >= 0.3 is 0 Å². The molecule has 0 atom stereocenters. The van der Waals surface area contributed by atoms with Crippen molar-refractivity contribution in [2.75, 3.05) is 11.9 Å². The smallest absolute Gasteiger partial charge is 0.263 e. The fourth-order valence-electron chi connectivity index (χ4n) is 1.63. The summed E-state index contributed by atoms with van der Waals surface area (Å²) in [6.07, 6.45) is 0. The molecule has 6 heteroatoms. The highest BCUT2D eigenvalue weighted by Crippen LogP contribution is 2.20. The van der Waals surface area contributed by atoms with Gasteiger partial charge in [-0.15, -0.1) is 0 Å². The molecular weight excluding hydrogens is 273 g/mol. The molecule has 2 aromatic rings. The van der Waals surface area contributed by atoms with E-state index < -0.39 is 23.0 Å². The zero-order valence-electron chi connectivity index (χ0n) is 10.9. The lowest BCUT2D eigenvalue weighted by atomic mass is 10.1. The van der Waals surface area contributed by atoms with Crippen molar-refractivity contribution < 1.29 is 14.3 Å². The second kappa shape index (κ2) is 6.50. The van der Waals surface area contributed by atoms with Crippen LogP contribution in [0.1, 0.15) is 16.1 Å². The van der Waals surface area contributed by atoms with Gasteiger partial charge in [-0.05, 0) is 30.2 Å². The Morgan fingerprint density at radius 2 is 2.10 bits per heavy atom. The van der Waals surface area contributed by atoms with Gasteiger partial charge in [-0.1, -0.05) is 18.1 Å². The molecule has 0 bridgehead atoms. The number of aromatic nitrogens is 1. The Kier molecular flexibility index (Phi) is 4.49. The number of nitrogens with one attached hydrogen (secondary N) is 1. The molecule has 1 aromatic carbocycles. The van der Waals surface area contributed by atoms with E-state index in [0.29, 0.717) is 5.69 Å². The molecule has 0 aliphatic rings. The van der Waals surface area contributed by atoms with Crippen LogP contribution in [0, 0.1) is 17.7 Å². The minimum absolute atomic E-state index is 0.196. The van der Waals surface area contributed by atoms with Crippen LogP contribution in [0.5, 0.6) is 5.75 Å². The largest absolute Gasteiger partial charge is 0.507 e. The van der Waals surface area contributed by atoms with Crippen LogP contribution in [0.15, 0.2) is 36.4 Å². The van der Waals surface area contributed by atoms with Crippen molar-refractivity contribution in [3.63, 3.8) is 0 Å². The number of amides is 1. The fraction of sp³-hybridized carbons (Fsp3) is 0.0667. The monoisotopic (exact) mass is 285 g/mol. The molecule has 0 aliphatic carbocycles. The van der Waals surface area contributed by atoms with Crippen LogP contribution in [-0.4, -0.2) is 22.5 Å². The van der Waals surface area contributed by atoms with Gasteiger partial charge < -0.3 is 16.2 Å². The Bertz CT molecular complexity index is 715. The summed E-state index contributed by atoms with van der Waals surface area (Å²) in [5.74, 6) is 3.52. The van der Waals surface area contributed by atoms with E-state index >= 15 is 0 Å². The third-order valence-electron chi connectivity index (χ3n) is 2.53. The van der Waals surface area contributed by atoms with Gasteiger partial charge in [0.25, 0.3) is 5.91 Å². The van der Waals surface area contributed by atoms with Gasteiger partial charge in [0.1, 0.15) is 28.6 Å². The molecule has 5 nitrogen and oxygen atoms in total. The summed E-state index contributed by atoms with van der Waals surface area (Å²) < 4.78 is 13.6. The number of phenolic OH excluding ortho intramolecular Hbond substituents is 1. The number of nitrogens with two attached hydrogens (primary N) is 1. The number of carbonyl (C=O) groups is 1. The summed E-state index contributed by atoms with van der Waals surface area (Å²) in [7, 11) is 0. The molecule has 1 amide bonds. The number of hydrogen-bond donors (Lipinski definition) is 3. The van der Waals surface area contributed by atoms with Crippen LogP contribution in [0.25, 0.3) is 0 Å². The lowest BCUT2D eigenvalue weighted by Crippen LogP contribution is -2.15. The Morgan fingerprint density at radius 3 is 2.81 bits per heavy atom. The first-order valence-corrected chi connectivity index (χ1v) is 6.06. The van der Waals surface area contributed by atoms with Crippen molar-refractivity contribution in [3.05, 3.63) is 53.5 Å². The zero-order valence-corrected chi connectivity index (χ0v) is 10.9. The van der Waals surface area contributed by atoms with E-state index in [1.54, 1.807) is 12.1 Å². The van der Waals surface area contributed by atoms with E-state index in [9.17, 15) is 14.3 Å². The molecule has 0 fully saturated rings. The number of pyridine rings is 1. The third-order valence-corrected chi connectivity index (χ3v) is 2.53. The van der Waals surface area contributed by atoms with Crippen molar-refractivity contribution in [1.82, 2.24) is 4.98 Å². The van der Waals surface area contributed by atoms with Crippen molar-refractivity contribution in [1.29, 1.82) is 0 Å². The van der Waals surface area contributed by atoms with Gasteiger partial charge in [0.15, 0.2) is 0 Å². The normalized spacial score (nSPS) is 9.62. The number of nitrogens with zero attached hydrogens (tertiary/aromatic N) is 1. The molecule has 4 N–H and O–H groups in total. The van der Waals surface area contributed by atoms with E-state index in [-0.39, 0.29) is 12.4 Å². The van der Waals surface area contributed by atoms with Crippen LogP contribution in [0.2, 0.25) is 0 Å². The molecule has 2 rings (SSSR count). The maximum Gasteiger partial charge on any atom is 0.263 e. The molecule has 0 spiro atoms. The predicted octanol–water partition coefficient (Wildman–Crippen LogP) is 1.49. The minimum Gasteiger partial charge on any atom is -0.507 e. The average Bonchev–Trinajstić information content (AvgIpc) is 2.45. The summed E-state index contributed by atoms with van der Waals surface area (Å²) in [6, 6.07) is 8.45. The first kappa shape index (κ1) is 14.5. The molecule has 0 unspecified atom stereocenters. The summed E-state index contributed by atoms with van der Waals surface area (Å²) in [5, 5.41) is 12.0. The predicted molar refractivity (Wildman–Crippen MR) is 76.2 cm³/mol. The van der Waals surface area contributed by atoms with Crippen LogP contribution in [0.4, 0.5) is 10.2 Å². The van der Waals surface area contributed by atoms with Gasteiger partial charge in [0.2, 0.25) is 0 Å². The number of hydrogen-bond acceptors (Lipinski definition) is 4. The van der Waals surface area contributed by atoms with Crippen LogP contribution < -0.4 is 11.1 Å². The summed E-state index contributed by atoms with van der Waals surface area (Å²) in [5.41, 5.74) is 5.26. The highest BCUT2D eigenvalue weighted by atomic mass is 19.1. The Labute approximate surface area is 120 Å². The summed E-state index contributed by atoms with van der Waals surface area (Å²) in [6.45, 7) is 0.196. The van der Waals surface area contributed by atoms with Gasteiger partial charge in [0, 0.05) is 0 Å². The number of anilines is 1. The molecule has 1 aromatic heterocycles. The first-order valence-electron chi connectivity index (χ1n) is 6.06. The maximum absolute atomic E-state index is 13.6. The second-order valence-electron chi connectivity index (χ2n) is 4.00. The average molecular weight is 285 g/mol. The Hall–Kier alpha value is -2.91. The number of carbonyl (C=O) groups excluding carboxylic acids is 1. The maximum atomic E-state index is 13.6. The number of benzene rings is 1. The number of halogens is 1. The van der Waals surface area contributed by atoms with E-state index in [0.717, 1.165) is 6.07 Å². The second-order valence-corrected chi connectivity index (χ2v) is 4.00. The lowest BCUT2D eigenvalue weighted by Gasteiger charge is -2.07. The summed E-state index contributed by atoms with van der Waals surface area (Å²) >= 11 is 0. The number of phenols is 1. The quantitative estimate of drug-likeness (QED) is 0.729. The molecule has 106 valence electrons. The van der Waals surface area contributed by atoms with Crippen molar-refractivity contribution in [2.45, 2.75) is 0 Å². The van der Waals surface area contributed by atoms with E-state index in [1.807, 2.05) is 0 Å². The van der Waals surface area contributed by atoms with E-state index in [1.165, 1.54) is 18.2 Å². The van der Waals surface area contributed by atoms with Crippen molar-refractivity contribution in [3.8, 4) is 17.6 Å². The third kappa shape index (κ3) is 3.55. The number of rotatable bonds is 2. The molecule has 21 heavy (non-hydrogen) atoms. The highest BCUT2D eigenvalue weighted by Gasteiger charge is 2.16. The molecule has 1 heterocycles. The van der Waals surface area contributed by atoms with E-state index in [2.05, 4.69) is 22.1 Å². The first-order chi connectivity index (χ1) is 10.1. The van der Waals surface area contributed by atoms with E-state index in [4.69, 9.17) is 5.73 Å². The highest BCUT2D eigenvalue weighted by molar-refractivity contribution is 6.05. The van der Waals surface area contributed by atoms with Crippen molar-refractivity contribution in [2.24, 2.45) is 5.73 Å². The molecule has 0 saturated heterocycles. The molecular formula is C15H12FN3O2. The molecule has 0 radical (unpaired) electrons. The van der Waals surface area contributed by atoms with Crippen LogP contribution in [-0.2, 0) is 0 Å². The fourth-order valence-corrected chi connectivity index (χ4v) is 1.63. The van der Waals surface area contributed by atoms with Gasteiger partial charge in [-0.3, -0.25) is 4.79 Å². The van der Waals surface area contributed by atoms with Crippen LogP contribution >= 0.6 is 0 Å². The standard InChI is InChI=1S/C15H12FN3O2/c16-11-6-2-7-12(20)14(11)15(21)19-13-8-1-4-10(18-13)5-3-9-17/h1-2,4,6-8,20H,9,17H2,(H,18,19,21). The van der Waals surface area contributed by atoms with Gasteiger partial charge in [-0.25, -0.2) is 9.37 Å². The Balaban J connectivity index is 2.24. The molecule has 0 aliphatic heterocycles. The lowest BCUT2D eigenvalue weighted by molar-refractivity contribution is 0.102. The Morgan fingerprint density at radius 1 is 1.33 bits per heavy atom. The molecule has 0 saturated carbocycles. The SMILES string of the molecule is NCC#Cc1cccc(NC(=O)c2c(O)cccc2F)n1. The number of aromatic hydroxyl groups is 1. The topological polar surface area (TPSA) is 88.2 Å². The minimum atomic E-state index is -0.813. The summed E-state index contributed by atoms with van der Waals surface area (Å²) in [4.78, 5) is 16.0. The van der Waals surface area contributed by atoms with Crippen molar-refractivity contribution >= 4 is 11.7 Å². The van der Waals surface area contributed by atoms with Gasteiger partial charge in [-0.2, -0.15) is 0 Å². The van der Waals surface area contributed by atoms with Crippen LogP contribution in [0.3, 0.4) is 0 Å². The van der Waals surface area contributed by atoms with Gasteiger partial charge in [0.05, 0.1) is 6.54 Å².